The van der Waals surface area contributed by atoms with Crippen molar-refractivity contribution in [2.45, 2.75) is 76.9 Å². The number of hydrogen-bond donors (Lipinski definition) is 1. The van der Waals surface area contributed by atoms with Gasteiger partial charge in [0.25, 0.3) is 0 Å². The topological polar surface area (TPSA) is 75.7 Å². The van der Waals surface area contributed by atoms with Gasteiger partial charge in [0, 0.05) is 54.8 Å². The van der Waals surface area contributed by atoms with Gasteiger partial charge in [-0.1, -0.05) is 24.6 Å². The van der Waals surface area contributed by atoms with E-state index in [2.05, 4.69) is 24.1 Å². The second-order valence-corrected chi connectivity index (χ2v) is 13.1. The zero-order valence-corrected chi connectivity index (χ0v) is 24.5. The van der Waals surface area contributed by atoms with Gasteiger partial charge in [0.05, 0.1) is 6.42 Å². The molecule has 212 valence electrons. The Balaban J connectivity index is 1.22. The molecule has 1 N–H and O–H groups in total. The highest BCUT2D eigenvalue weighted by atomic mass is 35.5. The van der Waals surface area contributed by atoms with Crippen LogP contribution in [-0.4, -0.2) is 54.2 Å². The normalized spacial score (nSPS) is 33.7. The predicted molar refractivity (Wildman–Crippen MR) is 154 cm³/mol. The number of anilines is 1. The smallest absolute Gasteiger partial charge is 0.310 e. The Morgan fingerprint density at radius 3 is 2.44 bits per heavy atom. The number of ether oxygens (including phenoxy) is 1. The molecule has 39 heavy (non-hydrogen) atoms. The molecule has 1 aromatic rings. The molecule has 0 unspecified atom stereocenters. The van der Waals surface area contributed by atoms with Crippen molar-refractivity contribution in [3.8, 4) is 0 Å². The minimum atomic E-state index is -0.286. The molecule has 0 spiro atoms. The first-order valence-electron chi connectivity index (χ1n) is 14.4. The number of carbonyl (C=O) groups is 3. The SMILES string of the molecule is C[C@]12CC[C@H](OC(=O)Cc3ccc(N(CCCl)CCCl)cc3)CC1=CC(=O)[C@@H]1[C@@H]2CC[C@]2(C)NC(=O)CC[C@@H]12. The number of allylic oxidation sites excluding steroid dienone is 1. The number of amides is 1. The van der Waals surface area contributed by atoms with Crippen LogP contribution < -0.4 is 10.2 Å². The molecule has 1 amide bonds. The number of piperidine rings is 1. The van der Waals surface area contributed by atoms with Crippen LogP contribution in [0.3, 0.4) is 0 Å². The highest BCUT2D eigenvalue weighted by Crippen LogP contribution is 2.59. The maximum Gasteiger partial charge on any atom is 0.310 e. The van der Waals surface area contributed by atoms with Crippen LogP contribution in [0.5, 0.6) is 0 Å². The van der Waals surface area contributed by atoms with Gasteiger partial charge in [0.1, 0.15) is 6.10 Å². The van der Waals surface area contributed by atoms with Crippen molar-refractivity contribution >= 4 is 46.5 Å². The number of fused-ring (bicyclic) bond motifs is 5. The second-order valence-electron chi connectivity index (χ2n) is 12.3. The van der Waals surface area contributed by atoms with Crippen LogP contribution in [0.25, 0.3) is 0 Å². The molecule has 1 heterocycles. The number of esters is 1. The van der Waals surface area contributed by atoms with Crippen molar-refractivity contribution in [2.75, 3.05) is 29.7 Å². The maximum absolute atomic E-state index is 13.5. The molecule has 6 atom stereocenters. The Hall–Kier alpha value is -2.05. The summed E-state index contributed by atoms with van der Waals surface area (Å²) in [4.78, 5) is 40.6. The summed E-state index contributed by atoms with van der Waals surface area (Å²) < 4.78 is 5.95. The fourth-order valence-electron chi connectivity index (χ4n) is 7.94. The number of ketones is 1. The van der Waals surface area contributed by atoms with Gasteiger partial charge >= 0.3 is 5.97 Å². The molecule has 1 saturated heterocycles. The van der Waals surface area contributed by atoms with E-state index in [0.29, 0.717) is 37.7 Å². The van der Waals surface area contributed by atoms with Crippen LogP contribution in [-0.2, 0) is 25.5 Å². The number of rotatable bonds is 8. The van der Waals surface area contributed by atoms with Gasteiger partial charge in [0.2, 0.25) is 5.91 Å². The Morgan fingerprint density at radius 2 is 1.74 bits per heavy atom. The Bertz CT molecular complexity index is 1130. The summed E-state index contributed by atoms with van der Waals surface area (Å²) in [6.07, 6.45) is 7.36. The largest absolute Gasteiger partial charge is 0.462 e. The van der Waals surface area contributed by atoms with Crippen LogP contribution in [0.1, 0.15) is 64.4 Å². The fourth-order valence-corrected chi connectivity index (χ4v) is 8.35. The van der Waals surface area contributed by atoms with Gasteiger partial charge in [-0.05, 0) is 80.1 Å². The maximum atomic E-state index is 13.5. The number of alkyl halides is 2. The number of nitrogens with one attached hydrogen (secondary N) is 1. The number of hydrogen-bond acceptors (Lipinski definition) is 5. The average molecular weight is 576 g/mol. The minimum absolute atomic E-state index is 0.0371. The molecule has 0 bridgehead atoms. The lowest BCUT2D eigenvalue weighted by Crippen LogP contribution is -2.64. The summed E-state index contributed by atoms with van der Waals surface area (Å²) >= 11 is 11.8. The van der Waals surface area contributed by atoms with E-state index in [1.54, 1.807) is 0 Å². The van der Waals surface area contributed by atoms with E-state index >= 15 is 0 Å². The van der Waals surface area contributed by atoms with E-state index in [9.17, 15) is 14.4 Å². The summed E-state index contributed by atoms with van der Waals surface area (Å²) in [7, 11) is 0. The average Bonchev–Trinajstić information content (AvgIpc) is 2.89. The first-order valence-corrected chi connectivity index (χ1v) is 15.4. The Morgan fingerprint density at radius 1 is 1.03 bits per heavy atom. The zero-order chi connectivity index (χ0) is 27.8. The van der Waals surface area contributed by atoms with Crippen molar-refractivity contribution in [3.05, 3.63) is 41.5 Å². The van der Waals surface area contributed by atoms with Gasteiger partial charge < -0.3 is 15.0 Å². The molecule has 6 nitrogen and oxygen atoms in total. The van der Waals surface area contributed by atoms with E-state index < -0.39 is 0 Å². The first kappa shape index (κ1) is 28.5. The molecule has 1 aromatic carbocycles. The number of carbonyl (C=O) groups excluding carboxylic acids is 3. The van der Waals surface area contributed by atoms with Gasteiger partial charge in [0.15, 0.2) is 5.78 Å². The van der Waals surface area contributed by atoms with Crippen LogP contribution >= 0.6 is 23.2 Å². The van der Waals surface area contributed by atoms with Crippen LogP contribution in [0, 0.1) is 23.2 Å². The third kappa shape index (κ3) is 5.61. The van der Waals surface area contributed by atoms with Crippen molar-refractivity contribution in [2.24, 2.45) is 23.2 Å². The summed E-state index contributed by atoms with van der Waals surface area (Å²) in [6.45, 7) is 5.86. The van der Waals surface area contributed by atoms with E-state index in [-0.39, 0.29) is 58.9 Å². The molecule has 8 heteroatoms. The number of nitrogens with zero attached hydrogens (tertiary/aromatic N) is 1. The van der Waals surface area contributed by atoms with Gasteiger partial charge in [-0.3, -0.25) is 14.4 Å². The second kappa shape index (κ2) is 11.4. The van der Waals surface area contributed by atoms with E-state index in [0.717, 1.165) is 48.9 Å². The monoisotopic (exact) mass is 574 g/mol. The molecular formula is C31H40Cl2N2O4. The molecule has 0 radical (unpaired) electrons. The molecule has 5 rings (SSSR count). The third-order valence-corrected chi connectivity index (χ3v) is 10.4. The molecule has 1 aliphatic heterocycles. The fraction of sp³-hybridized carbons (Fsp3) is 0.645. The lowest BCUT2D eigenvalue weighted by atomic mass is 9.48. The molecular weight excluding hydrogens is 535 g/mol. The van der Waals surface area contributed by atoms with E-state index in [1.165, 1.54) is 0 Å². The standard InChI is InChI=1S/C31H40Cl2N2O4/c1-30-11-9-23(39-28(38)17-20-3-5-22(6-4-20)35(15-13-32)16-14-33)18-21(30)19-26(36)29-24(30)10-12-31(2)25(29)7-8-27(37)34-31/h3-6,19,23-25,29H,7-18H2,1-2H3,(H,34,37)/t23-,24-,25-,29+,30-,31-/m0/s1. The zero-order valence-electron chi connectivity index (χ0n) is 23.0. The van der Waals surface area contributed by atoms with Crippen molar-refractivity contribution < 1.29 is 19.1 Å². The van der Waals surface area contributed by atoms with Crippen LogP contribution in [0.2, 0.25) is 0 Å². The number of halogens is 2. The number of benzene rings is 1. The summed E-state index contributed by atoms with van der Waals surface area (Å²) in [5.41, 5.74) is 2.74. The lowest BCUT2D eigenvalue weighted by molar-refractivity contribution is -0.151. The van der Waals surface area contributed by atoms with Crippen molar-refractivity contribution in [3.63, 3.8) is 0 Å². The summed E-state index contributed by atoms with van der Waals surface area (Å²) in [5, 5.41) is 3.22. The molecule has 4 aliphatic rings. The van der Waals surface area contributed by atoms with Crippen molar-refractivity contribution in [1.29, 1.82) is 0 Å². The van der Waals surface area contributed by atoms with Gasteiger partial charge in [-0.25, -0.2) is 0 Å². The van der Waals surface area contributed by atoms with Crippen LogP contribution in [0.4, 0.5) is 5.69 Å². The Kier molecular flexibility index (Phi) is 8.36. The molecule has 3 fully saturated rings. The van der Waals surface area contributed by atoms with Crippen molar-refractivity contribution in [1.82, 2.24) is 5.32 Å². The summed E-state index contributed by atoms with van der Waals surface area (Å²) in [5.74, 6) is 1.55. The van der Waals surface area contributed by atoms with Gasteiger partial charge in [-0.15, -0.1) is 23.2 Å². The molecule has 3 aliphatic carbocycles. The highest BCUT2D eigenvalue weighted by molar-refractivity contribution is 6.18. The molecule has 2 saturated carbocycles. The van der Waals surface area contributed by atoms with E-state index in [4.69, 9.17) is 27.9 Å². The van der Waals surface area contributed by atoms with Gasteiger partial charge in [-0.2, -0.15) is 0 Å². The highest BCUT2D eigenvalue weighted by Gasteiger charge is 2.58. The minimum Gasteiger partial charge on any atom is -0.462 e. The lowest BCUT2D eigenvalue weighted by Gasteiger charge is -2.58. The molecule has 0 aromatic heterocycles. The quantitative estimate of drug-likeness (QED) is 0.330. The summed E-state index contributed by atoms with van der Waals surface area (Å²) in [6, 6.07) is 7.90. The first-order chi connectivity index (χ1) is 18.7. The predicted octanol–water partition coefficient (Wildman–Crippen LogP) is 5.44. The van der Waals surface area contributed by atoms with E-state index in [1.807, 2.05) is 30.3 Å². The third-order valence-electron chi connectivity index (χ3n) is 10.1. The van der Waals surface area contributed by atoms with Crippen LogP contribution in [0.15, 0.2) is 35.9 Å². The Labute approximate surface area is 241 Å².